The summed E-state index contributed by atoms with van der Waals surface area (Å²) in [6.45, 7) is 0. The maximum absolute atomic E-state index is 4.54. The summed E-state index contributed by atoms with van der Waals surface area (Å²) < 4.78 is 0.553. The smallest absolute Gasteiger partial charge is 0.199 e. The highest BCUT2D eigenvalue weighted by Gasteiger charge is 2.09. The highest BCUT2D eigenvalue weighted by atomic mass is 79.9. The zero-order valence-electron chi connectivity index (χ0n) is 11.0. The number of hydrogen-bond donors (Lipinski definition) is 0. The van der Waals surface area contributed by atoms with Crippen molar-refractivity contribution in [1.29, 1.82) is 0 Å². The zero-order valence-corrected chi connectivity index (χ0v) is 12.6. The van der Waals surface area contributed by atoms with Gasteiger partial charge in [-0.3, -0.25) is 0 Å². The molecule has 2 aromatic heterocycles. The molecule has 0 aliphatic heterocycles. The molecule has 100 valence electrons. The van der Waals surface area contributed by atoms with Crippen molar-refractivity contribution in [3.05, 3.63) is 65.5 Å². The van der Waals surface area contributed by atoms with Crippen LogP contribution in [-0.2, 0) is 0 Å². The van der Waals surface area contributed by atoms with E-state index >= 15 is 0 Å². The molecule has 0 amide bonds. The molecule has 0 radical (unpaired) electrons. The molecule has 0 bridgehead atoms. The van der Waals surface area contributed by atoms with Crippen LogP contribution in [-0.4, -0.2) is 15.0 Å². The largest absolute Gasteiger partial charge is 0.236 e. The fourth-order valence-corrected chi connectivity index (χ4v) is 2.84. The van der Waals surface area contributed by atoms with Gasteiger partial charge in [0.2, 0.25) is 0 Å². The maximum atomic E-state index is 4.54. The lowest BCUT2D eigenvalue weighted by atomic mass is 10.0. The summed E-state index contributed by atoms with van der Waals surface area (Å²) in [5, 5.41) is 3.37. The summed E-state index contributed by atoms with van der Waals surface area (Å²) in [5.41, 5.74) is 2.66. The molecule has 21 heavy (non-hydrogen) atoms. The minimum atomic E-state index is 0.553. The lowest BCUT2D eigenvalue weighted by Gasteiger charge is -2.07. The van der Waals surface area contributed by atoms with Gasteiger partial charge in [-0.25, -0.2) is 15.0 Å². The van der Waals surface area contributed by atoms with Crippen LogP contribution in [0, 0.1) is 0 Å². The van der Waals surface area contributed by atoms with Crippen LogP contribution in [0.5, 0.6) is 0 Å². The van der Waals surface area contributed by atoms with E-state index in [-0.39, 0.29) is 0 Å². The number of rotatable bonds is 1. The van der Waals surface area contributed by atoms with Gasteiger partial charge in [-0.05, 0) is 44.9 Å². The topological polar surface area (TPSA) is 38.7 Å². The van der Waals surface area contributed by atoms with Crippen molar-refractivity contribution >= 4 is 37.7 Å². The Balaban J connectivity index is 2.03. The lowest BCUT2D eigenvalue weighted by Crippen LogP contribution is -1.93. The van der Waals surface area contributed by atoms with Crippen LogP contribution in [0.1, 0.15) is 0 Å². The Morgan fingerprint density at radius 2 is 1.67 bits per heavy atom. The standard InChI is InChI=1S/C17H10BrN3/c18-17-20-15(14-6-3-9-19-16(14)21-17)13-8-7-11-4-1-2-5-12(11)10-13/h1-10H. The van der Waals surface area contributed by atoms with Gasteiger partial charge in [0.1, 0.15) is 0 Å². The van der Waals surface area contributed by atoms with Crippen molar-refractivity contribution in [3.8, 4) is 11.3 Å². The van der Waals surface area contributed by atoms with Crippen LogP contribution in [0.3, 0.4) is 0 Å². The summed E-state index contributed by atoms with van der Waals surface area (Å²) in [7, 11) is 0. The summed E-state index contributed by atoms with van der Waals surface area (Å²) in [6.07, 6.45) is 1.74. The minimum absolute atomic E-state index is 0.553. The number of pyridine rings is 1. The van der Waals surface area contributed by atoms with Crippen molar-refractivity contribution in [2.24, 2.45) is 0 Å². The molecule has 4 heteroatoms. The quantitative estimate of drug-likeness (QED) is 0.477. The van der Waals surface area contributed by atoms with Gasteiger partial charge in [-0.15, -0.1) is 0 Å². The molecule has 0 aliphatic carbocycles. The van der Waals surface area contributed by atoms with E-state index in [9.17, 15) is 0 Å². The first-order valence-corrected chi connectivity index (χ1v) is 7.38. The van der Waals surface area contributed by atoms with Crippen molar-refractivity contribution < 1.29 is 0 Å². The van der Waals surface area contributed by atoms with Gasteiger partial charge in [0.15, 0.2) is 10.4 Å². The predicted octanol–water partition coefficient (Wildman–Crippen LogP) is 4.61. The SMILES string of the molecule is Brc1nc(-c2ccc3ccccc3c2)c2cccnc2n1. The molecule has 2 heterocycles. The van der Waals surface area contributed by atoms with Crippen LogP contribution in [0.2, 0.25) is 0 Å². The Labute approximate surface area is 129 Å². The van der Waals surface area contributed by atoms with Crippen LogP contribution in [0.15, 0.2) is 65.5 Å². The van der Waals surface area contributed by atoms with Gasteiger partial charge in [0, 0.05) is 17.1 Å². The van der Waals surface area contributed by atoms with Gasteiger partial charge in [-0.2, -0.15) is 0 Å². The van der Waals surface area contributed by atoms with E-state index < -0.39 is 0 Å². The number of fused-ring (bicyclic) bond motifs is 2. The molecule has 0 spiro atoms. The normalized spacial score (nSPS) is 11.1. The minimum Gasteiger partial charge on any atom is -0.236 e. The molecule has 2 aromatic carbocycles. The van der Waals surface area contributed by atoms with E-state index in [1.54, 1.807) is 6.20 Å². The first-order valence-electron chi connectivity index (χ1n) is 6.59. The highest BCUT2D eigenvalue weighted by Crippen LogP contribution is 2.28. The average Bonchev–Trinajstić information content (AvgIpc) is 2.53. The van der Waals surface area contributed by atoms with Gasteiger partial charge in [0.25, 0.3) is 0 Å². The molecular weight excluding hydrogens is 326 g/mol. The van der Waals surface area contributed by atoms with E-state index in [2.05, 4.69) is 61.2 Å². The fraction of sp³-hybridized carbons (Fsp3) is 0. The third-order valence-electron chi connectivity index (χ3n) is 3.47. The predicted molar refractivity (Wildman–Crippen MR) is 88.0 cm³/mol. The Morgan fingerprint density at radius 1 is 0.810 bits per heavy atom. The lowest BCUT2D eigenvalue weighted by molar-refractivity contribution is 1.13. The van der Waals surface area contributed by atoms with Crippen molar-refractivity contribution in [3.63, 3.8) is 0 Å². The monoisotopic (exact) mass is 335 g/mol. The van der Waals surface area contributed by atoms with E-state index in [0.717, 1.165) is 16.6 Å². The van der Waals surface area contributed by atoms with E-state index in [4.69, 9.17) is 0 Å². The molecular formula is C17H10BrN3. The molecule has 0 fully saturated rings. The third kappa shape index (κ3) is 2.17. The Morgan fingerprint density at radius 3 is 2.57 bits per heavy atom. The second-order valence-corrected chi connectivity index (χ2v) is 5.49. The van der Waals surface area contributed by atoms with Crippen LogP contribution < -0.4 is 0 Å². The third-order valence-corrected chi connectivity index (χ3v) is 3.82. The Bertz CT molecular complexity index is 966. The zero-order chi connectivity index (χ0) is 14.2. The van der Waals surface area contributed by atoms with Crippen LogP contribution >= 0.6 is 15.9 Å². The molecule has 0 N–H and O–H groups in total. The van der Waals surface area contributed by atoms with E-state index in [1.165, 1.54) is 10.8 Å². The van der Waals surface area contributed by atoms with E-state index in [1.807, 2.05) is 24.3 Å². The first-order chi connectivity index (χ1) is 10.3. The number of halogens is 1. The molecule has 0 atom stereocenters. The average molecular weight is 336 g/mol. The number of aromatic nitrogens is 3. The molecule has 0 saturated carbocycles. The van der Waals surface area contributed by atoms with Gasteiger partial charge in [-0.1, -0.05) is 36.4 Å². The molecule has 0 aliphatic rings. The summed E-state index contributed by atoms with van der Waals surface area (Å²) in [5.74, 6) is 0. The fourth-order valence-electron chi connectivity index (χ4n) is 2.49. The second-order valence-electron chi connectivity index (χ2n) is 4.78. The van der Waals surface area contributed by atoms with Crippen LogP contribution in [0.25, 0.3) is 33.1 Å². The van der Waals surface area contributed by atoms with Gasteiger partial charge in [0.05, 0.1) is 5.69 Å². The van der Waals surface area contributed by atoms with Crippen LogP contribution in [0.4, 0.5) is 0 Å². The van der Waals surface area contributed by atoms with E-state index in [0.29, 0.717) is 10.4 Å². The Hall–Kier alpha value is -2.33. The van der Waals surface area contributed by atoms with Gasteiger partial charge >= 0.3 is 0 Å². The van der Waals surface area contributed by atoms with Crippen molar-refractivity contribution in [2.45, 2.75) is 0 Å². The first kappa shape index (κ1) is 12.4. The number of hydrogen-bond acceptors (Lipinski definition) is 3. The maximum Gasteiger partial charge on any atom is 0.199 e. The molecule has 0 unspecified atom stereocenters. The van der Waals surface area contributed by atoms with Gasteiger partial charge < -0.3 is 0 Å². The second kappa shape index (κ2) is 4.90. The summed E-state index contributed by atoms with van der Waals surface area (Å²) in [4.78, 5) is 13.2. The molecule has 4 rings (SSSR count). The number of nitrogens with zero attached hydrogens (tertiary/aromatic N) is 3. The van der Waals surface area contributed by atoms with Crippen molar-refractivity contribution in [2.75, 3.05) is 0 Å². The number of benzene rings is 2. The highest BCUT2D eigenvalue weighted by molar-refractivity contribution is 9.10. The molecule has 0 saturated heterocycles. The molecule has 4 aromatic rings. The molecule has 3 nitrogen and oxygen atoms in total. The summed E-state index contributed by atoms with van der Waals surface area (Å²) >= 11 is 3.37. The summed E-state index contributed by atoms with van der Waals surface area (Å²) in [6, 6.07) is 18.6. The Kier molecular flexibility index (Phi) is 2.89. The van der Waals surface area contributed by atoms with Crippen molar-refractivity contribution in [1.82, 2.24) is 15.0 Å².